The van der Waals surface area contributed by atoms with Gasteiger partial charge in [0.2, 0.25) is 6.29 Å². The SMILES string of the molecule is Cc1c(O)cc(-c2ccccc2)c(O[C@@H]2O[C@H](CO)[C@@H](O)[C@H](O)[C@H]2O)c1O. The molecule has 2 aromatic rings. The minimum atomic E-state index is -1.63. The zero-order valence-corrected chi connectivity index (χ0v) is 14.6. The first kappa shape index (κ1) is 19.4. The summed E-state index contributed by atoms with van der Waals surface area (Å²) in [5, 5.41) is 59.9. The lowest BCUT2D eigenvalue weighted by Gasteiger charge is -2.39. The number of phenols is 2. The second-order valence-corrected chi connectivity index (χ2v) is 6.43. The van der Waals surface area contributed by atoms with Crippen LogP contribution in [-0.4, -0.2) is 68.0 Å². The van der Waals surface area contributed by atoms with Crippen molar-refractivity contribution in [3.8, 4) is 28.4 Å². The Hall–Kier alpha value is -2.36. The van der Waals surface area contributed by atoms with Crippen molar-refractivity contribution < 1.29 is 40.1 Å². The molecule has 0 spiro atoms. The quantitative estimate of drug-likeness (QED) is 0.445. The van der Waals surface area contributed by atoms with Gasteiger partial charge in [0.1, 0.15) is 30.2 Å². The maximum atomic E-state index is 10.5. The lowest BCUT2D eigenvalue weighted by Crippen LogP contribution is -2.60. The highest BCUT2D eigenvalue weighted by Gasteiger charge is 2.45. The molecule has 0 radical (unpaired) electrons. The van der Waals surface area contributed by atoms with Crippen molar-refractivity contribution in [3.63, 3.8) is 0 Å². The van der Waals surface area contributed by atoms with E-state index in [1.807, 2.05) is 0 Å². The number of aromatic hydroxyl groups is 2. The average Bonchev–Trinajstić information content (AvgIpc) is 2.68. The molecule has 1 fully saturated rings. The fourth-order valence-electron chi connectivity index (χ4n) is 2.96. The van der Waals surface area contributed by atoms with Crippen molar-refractivity contribution in [2.24, 2.45) is 0 Å². The molecule has 0 unspecified atom stereocenters. The predicted octanol–water partition coefficient (Wildman–Crippen LogP) is 0.252. The molecule has 6 N–H and O–H groups in total. The highest BCUT2D eigenvalue weighted by molar-refractivity contribution is 5.77. The summed E-state index contributed by atoms with van der Waals surface area (Å²) < 4.78 is 11.0. The molecule has 0 aliphatic carbocycles. The van der Waals surface area contributed by atoms with E-state index in [-0.39, 0.29) is 22.8 Å². The van der Waals surface area contributed by atoms with Gasteiger partial charge in [0.05, 0.1) is 6.61 Å². The van der Waals surface area contributed by atoms with Crippen LogP contribution in [0.5, 0.6) is 17.2 Å². The van der Waals surface area contributed by atoms with Crippen molar-refractivity contribution in [1.29, 1.82) is 0 Å². The van der Waals surface area contributed by atoms with Crippen molar-refractivity contribution in [1.82, 2.24) is 0 Å². The van der Waals surface area contributed by atoms with Gasteiger partial charge >= 0.3 is 0 Å². The standard InChI is InChI=1S/C19H22O8/c1-9-12(21)7-11(10-5-3-2-4-6-10)18(14(9)22)27-19-17(25)16(24)15(23)13(8-20)26-19/h2-7,13,15-17,19-25H,8H2,1H3/t13-,15-,16+,17-,19+/m1/s1. The van der Waals surface area contributed by atoms with Crippen LogP contribution in [0.3, 0.4) is 0 Å². The Balaban J connectivity index is 2.02. The summed E-state index contributed by atoms with van der Waals surface area (Å²) in [4.78, 5) is 0. The van der Waals surface area contributed by atoms with Gasteiger partial charge in [0.25, 0.3) is 0 Å². The maximum absolute atomic E-state index is 10.5. The summed E-state index contributed by atoms with van der Waals surface area (Å²) in [6.07, 6.45) is -7.36. The van der Waals surface area contributed by atoms with E-state index in [9.17, 15) is 30.6 Å². The summed E-state index contributed by atoms with van der Waals surface area (Å²) in [5.41, 5.74) is 1.13. The number of hydrogen-bond acceptors (Lipinski definition) is 8. The Bertz CT molecular complexity index is 792. The zero-order chi connectivity index (χ0) is 19.7. The van der Waals surface area contributed by atoms with Gasteiger partial charge in [-0.3, -0.25) is 0 Å². The molecule has 1 aliphatic rings. The van der Waals surface area contributed by atoms with E-state index in [1.54, 1.807) is 30.3 Å². The van der Waals surface area contributed by atoms with Crippen LogP contribution in [0, 0.1) is 6.92 Å². The normalized spacial score (nSPS) is 28.1. The lowest BCUT2D eigenvalue weighted by molar-refractivity contribution is -0.277. The van der Waals surface area contributed by atoms with Crippen molar-refractivity contribution in [2.45, 2.75) is 37.6 Å². The minimum absolute atomic E-state index is 0.0687. The third kappa shape index (κ3) is 3.58. The third-order valence-corrected chi connectivity index (χ3v) is 4.65. The third-order valence-electron chi connectivity index (χ3n) is 4.65. The molecule has 146 valence electrons. The van der Waals surface area contributed by atoms with Gasteiger partial charge in [0.15, 0.2) is 11.5 Å². The number of ether oxygens (including phenoxy) is 2. The summed E-state index contributed by atoms with van der Waals surface area (Å²) in [6.45, 7) is 0.885. The topological polar surface area (TPSA) is 140 Å². The average molecular weight is 378 g/mol. The molecule has 0 amide bonds. The highest BCUT2D eigenvalue weighted by Crippen LogP contribution is 2.45. The molecule has 1 saturated heterocycles. The van der Waals surface area contributed by atoms with E-state index in [1.165, 1.54) is 13.0 Å². The van der Waals surface area contributed by atoms with Crippen molar-refractivity contribution >= 4 is 0 Å². The fourth-order valence-corrected chi connectivity index (χ4v) is 2.96. The van der Waals surface area contributed by atoms with Gasteiger partial charge in [-0.2, -0.15) is 0 Å². The highest BCUT2D eigenvalue weighted by atomic mass is 16.7. The van der Waals surface area contributed by atoms with Gasteiger partial charge in [0, 0.05) is 11.1 Å². The van der Waals surface area contributed by atoms with Crippen LogP contribution >= 0.6 is 0 Å². The molecule has 0 saturated carbocycles. The number of hydrogen-bond donors (Lipinski definition) is 6. The second kappa shape index (κ2) is 7.71. The summed E-state index contributed by atoms with van der Waals surface area (Å²) >= 11 is 0. The first-order valence-electron chi connectivity index (χ1n) is 8.43. The molecule has 8 heteroatoms. The second-order valence-electron chi connectivity index (χ2n) is 6.43. The molecule has 3 rings (SSSR count). The van der Waals surface area contributed by atoms with E-state index in [0.29, 0.717) is 11.1 Å². The van der Waals surface area contributed by atoms with Crippen LogP contribution in [0.4, 0.5) is 0 Å². The van der Waals surface area contributed by atoms with Gasteiger partial charge in [-0.1, -0.05) is 30.3 Å². The molecule has 5 atom stereocenters. The molecule has 27 heavy (non-hydrogen) atoms. The number of benzene rings is 2. The van der Waals surface area contributed by atoms with Crippen LogP contribution in [0.2, 0.25) is 0 Å². The Labute approximate surface area is 155 Å². The van der Waals surface area contributed by atoms with E-state index in [2.05, 4.69) is 0 Å². The van der Waals surface area contributed by atoms with Gasteiger partial charge in [-0.15, -0.1) is 0 Å². The molecule has 0 bridgehead atoms. The summed E-state index contributed by atoms with van der Waals surface area (Å²) in [6, 6.07) is 10.2. The van der Waals surface area contributed by atoms with Crippen molar-refractivity contribution in [3.05, 3.63) is 42.0 Å². The van der Waals surface area contributed by atoms with E-state index in [4.69, 9.17) is 9.47 Å². The maximum Gasteiger partial charge on any atom is 0.229 e. The fraction of sp³-hybridized carbons (Fsp3) is 0.368. The minimum Gasteiger partial charge on any atom is -0.508 e. The molecular weight excluding hydrogens is 356 g/mol. The monoisotopic (exact) mass is 378 g/mol. The largest absolute Gasteiger partial charge is 0.508 e. The summed E-state index contributed by atoms with van der Waals surface area (Å²) in [5.74, 6) is -0.570. The molecule has 0 aromatic heterocycles. The zero-order valence-electron chi connectivity index (χ0n) is 14.6. The predicted molar refractivity (Wildman–Crippen MR) is 94.3 cm³/mol. The van der Waals surface area contributed by atoms with Crippen molar-refractivity contribution in [2.75, 3.05) is 6.61 Å². The first-order chi connectivity index (χ1) is 12.8. The molecular formula is C19H22O8. The Morgan fingerprint density at radius 2 is 1.67 bits per heavy atom. The molecule has 2 aromatic carbocycles. The van der Waals surface area contributed by atoms with Crippen LogP contribution in [0.15, 0.2) is 36.4 Å². The van der Waals surface area contributed by atoms with Crippen LogP contribution < -0.4 is 4.74 Å². The van der Waals surface area contributed by atoms with Gasteiger partial charge in [-0.05, 0) is 18.6 Å². The van der Waals surface area contributed by atoms with Crippen LogP contribution in [-0.2, 0) is 4.74 Å². The van der Waals surface area contributed by atoms with Gasteiger partial charge < -0.3 is 40.1 Å². The number of rotatable bonds is 4. The summed E-state index contributed by atoms with van der Waals surface area (Å²) in [7, 11) is 0. The lowest BCUT2D eigenvalue weighted by atomic mass is 9.98. The van der Waals surface area contributed by atoms with E-state index < -0.39 is 37.3 Å². The van der Waals surface area contributed by atoms with E-state index in [0.717, 1.165) is 0 Å². The van der Waals surface area contributed by atoms with Gasteiger partial charge in [-0.25, -0.2) is 0 Å². The number of phenolic OH excluding ortho intramolecular Hbond substituents is 2. The molecule has 1 aliphatic heterocycles. The Morgan fingerprint density at radius 3 is 2.30 bits per heavy atom. The smallest absolute Gasteiger partial charge is 0.229 e. The Kier molecular flexibility index (Phi) is 5.54. The first-order valence-corrected chi connectivity index (χ1v) is 8.43. The molecule has 8 nitrogen and oxygen atoms in total. The van der Waals surface area contributed by atoms with Crippen LogP contribution in [0.1, 0.15) is 5.56 Å². The number of aliphatic hydroxyl groups is 4. The van der Waals surface area contributed by atoms with Crippen LogP contribution in [0.25, 0.3) is 11.1 Å². The van der Waals surface area contributed by atoms with E-state index >= 15 is 0 Å². The molecule has 1 heterocycles. The number of aliphatic hydroxyl groups excluding tert-OH is 4. The Morgan fingerprint density at radius 1 is 1.00 bits per heavy atom.